The quantitative estimate of drug-likeness (QED) is 0.436. The first-order chi connectivity index (χ1) is 17.5. The van der Waals surface area contributed by atoms with Crippen LogP contribution in [0.3, 0.4) is 0 Å². The summed E-state index contributed by atoms with van der Waals surface area (Å²) in [5, 5.41) is 4.50. The van der Waals surface area contributed by atoms with E-state index < -0.39 is 0 Å². The van der Waals surface area contributed by atoms with E-state index in [9.17, 15) is 4.79 Å². The van der Waals surface area contributed by atoms with Crippen LogP contribution in [0.4, 0.5) is 11.5 Å². The summed E-state index contributed by atoms with van der Waals surface area (Å²) in [5.74, 6) is 1.34. The van der Waals surface area contributed by atoms with E-state index in [2.05, 4.69) is 35.0 Å². The Bertz CT molecular complexity index is 1230. The molecule has 6 nitrogen and oxygen atoms in total. The highest BCUT2D eigenvalue weighted by Crippen LogP contribution is 2.29. The lowest BCUT2D eigenvalue weighted by molar-refractivity contribution is -0.118. The molecule has 1 N–H and O–H groups in total. The van der Waals surface area contributed by atoms with Crippen molar-refractivity contribution in [3.05, 3.63) is 58.6 Å². The maximum Gasteiger partial charge on any atom is 0.262 e. The third-order valence-corrected chi connectivity index (χ3v) is 7.79. The molecular formula is C29H35ClN4O2. The lowest BCUT2D eigenvalue weighted by Gasteiger charge is -2.37. The summed E-state index contributed by atoms with van der Waals surface area (Å²) in [6.45, 7) is 8.72. The number of nitrogens with one attached hydrogen (secondary N) is 1. The van der Waals surface area contributed by atoms with Crippen molar-refractivity contribution in [1.29, 1.82) is 0 Å². The molecule has 2 aromatic carbocycles. The van der Waals surface area contributed by atoms with Gasteiger partial charge in [-0.05, 0) is 99.6 Å². The Morgan fingerprint density at radius 3 is 2.58 bits per heavy atom. The van der Waals surface area contributed by atoms with Gasteiger partial charge in [0.05, 0.1) is 10.5 Å². The molecule has 0 saturated carbocycles. The number of halogens is 1. The van der Waals surface area contributed by atoms with E-state index in [1.54, 1.807) is 0 Å². The van der Waals surface area contributed by atoms with Gasteiger partial charge in [-0.2, -0.15) is 0 Å². The topological polar surface area (TPSA) is 57.7 Å². The molecular weight excluding hydrogens is 472 g/mol. The number of amides is 1. The second-order valence-electron chi connectivity index (χ2n) is 9.95. The molecule has 3 aromatic rings. The fraction of sp³-hybridized carbons (Fsp3) is 0.448. The molecule has 7 heteroatoms. The number of hydrogen-bond acceptors (Lipinski definition) is 5. The van der Waals surface area contributed by atoms with Crippen LogP contribution in [0.25, 0.3) is 10.9 Å². The maximum atomic E-state index is 12.5. The van der Waals surface area contributed by atoms with Crippen molar-refractivity contribution in [1.82, 2.24) is 9.88 Å². The Labute approximate surface area is 218 Å². The van der Waals surface area contributed by atoms with Gasteiger partial charge in [0, 0.05) is 30.2 Å². The minimum absolute atomic E-state index is 0.104. The third kappa shape index (κ3) is 5.60. The largest absolute Gasteiger partial charge is 0.482 e. The van der Waals surface area contributed by atoms with Gasteiger partial charge in [-0.15, -0.1) is 0 Å². The van der Waals surface area contributed by atoms with Crippen molar-refractivity contribution in [2.45, 2.75) is 52.0 Å². The molecule has 2 fully saturated rings. The van der Waals surface area contributed by atoms with Gasteiger partial charge in [0.1, 0.15) is 11.6 Å². The number of fused-ring (bicyclic) bond motifs is 1. The number of carbonyl (C=O) groups is 1. The molecule has 0 bridgehead atoms. The lowest BCUT2D eigenvalue weighted by atomic mass is 10.0. The minimum atomic E-state index is -0.229. The highest BCUT2D eigenvalue weighted by Gasteiger charge is 2.27. The Kier molecular flexibility index (Phi) is 7.63. The highest BCUT2D eigenvalue weighted by atomic mass is 35.5. The van der Waals surface area contributed by atoms with Gasteiger partial charge in [0.15, 0.2) is 6.61 Å². The van der Waals surface area contributed by atoms with Crippen molar-refractivity contribution >= 4 is 39.9 Å². The van der Waals surface area contributed by atoms with Crippen LogP contribution in [0.15, 0.2) is 42.5 Å². The Morgan fingerprint density at radius 1 is 1.08 bits per heavy atom. The van der Waals surface area contributed by atoms with Crippen molar-refractivity contribution in [3.8, 4) is 5.75 Å². The van der Waals surface area contributed by atoms with Crippen molar-refractivity contribution in [2.24, 2.45) is 0 Å². The summed E-state index contributed by atoms with van der Waals surface area (Å²) in [7, 11) is 0. The fourth-order valence-electron chi connectivity index (χ4n) is 5.40. The second-order valence-corrected chi connectivity index (χ2v) is 10.4. The van der Waals surface area contributed by atoms with Crippen LogP contribution < -0.4 is 15.0 Å². The molecule has 1 aromatic heterocycles. The van der Waals surface area contributed by atoms with Gasteiger partial charge in [-0.25, -0.2) is 4.98 Å². The number of anilines is 2. The average molecular weight is 507 g/mol. The lowest BCUT2D eigenvalue weighted by Crippen LogP contribution is -2.44. The number of likely N-dealkylation sites (tertiary alicyclic amines) is 1. The first-order valence-corrected chi connectivity index (χ1v) is 13.5. The number of aryl methyl sites for hydroxylation is 2. The molecule has 2 saturated heterocycles. The van der Waals surface area contributed by atoms with Crippen molar-refractivity contribution < 1.29 is 9.53 Å². The summed E-state index contributed by atoms with van der Waals surface area (Å²) in [6.07, 6.45) is 6.01. The number of pyridine rings is 1. The summed E-state index contributed by atoms with van der Waals surface area (Å²) < 4.78 is 5.64. The van der Waals surface area contributed by atoms with E-state index in [0.29, 0.717) is 10.8 Å². The Balaban J connectivity index is 1.21. The van der Waals surface area contributed by atoms with Gasteiger partial charge < -0.3 is 19.9 Å². The summed E-state index contributed by atoms with van der Waals surface area (Å²) in [6, 6.07) is 14.4. The standard InChI is InChI=1S/C29H35ClN4O2/c1-3-21-6-9-27(25(30)17-21)36-19-29(35)31-22-7-8-26-24(18-22)20(2)16-28(32-26)34-14-10-23(11-15-34)33-12-4-5-13-33/h6-9,16-18,23H,3-5,10-15,19H2,1-2H3,(H,31,35). The minimum Gasteiger partial charge on any atom is -0.482 e. The molecule has 36 heavy (non-hydrogen) atoms. The van der Waals surface area contributed by atoms with Crippen molar-refractivity contribution in [3.63, 3.8) is 0 Å². The van der Waals surface area contributed by atoms with Crippen LogP contribution in [0, 0.1) is 6.92 Å². The number of carbonyl (C=O) groups excluding carboxylic acids is 1. The van der Waals surface area contributed by atoms with Crippen LogP contribution in [-0.4, -0.2) is 54.6 Å². The molecule has 0 radical (unpaired) electrons. The zero-order valence-electron chi connectivity index (χ0n) is 21.2. The van der Waals surface area contributed by atoms with Crippen LogP contribution in [0.2, 0.25) is 5.02 Å². The van der Waals surface area contributed by atoms with Gasteiger partial charge in [0.25, 0.3) is 5.91 Å². The number of rotatable bonds is 7. The SMILES string of the molecule is CCc1ccc(OCC(=O)Nc2ccc3nc(N4CCC(N5CCCC5)CC4)cc(C)c3c2)c(Cl)c1. The molecule has 0 spiro atoms. The van der Waals surface area contributed by atoms with Crippen molar-refractivity contribution in [2.75, 3.05) is 43.0 Å². The monoisotopic (exact) mass is 506 g/mol. The number of hydrogen-bond donors (Lipinski definition) is 1. The molecule has 2 aliphatic heterocycles. The van der Waals surface area contributed by atoms with Gasteiger partial charge in [0.2, 0.25) is 0 Å². The van der Waals surface area contributed by atoms with E-state index in [0.717, 1.165) is 59.1 Å². The predicted octanol–water partition coefficient (Wildman–Crippen LogP) is 5.84. The molecule has 0 unspecified atom stereocenters. The first-order valence-electron chi connectivity index (χ1n) is 13.1. The predicted molar refractivity (Wildman–Crippen MR) is 147 cm³/mol. The Hall–Kier alpha value is -2.83. The molecule has 1 amide bonds. The van der Waals surface area contributed by atoms with E-state index in [1.807, 2.05) is 36.4 Å². The first kappa shape index (κ1) is 24.8. The van der Waals surface area contributed by atoms with Crippen LogP contribution in [0.1, 0.15) is 43.7 Å². The highest BCUT2D eigenvalue weighted by molar-refractivity contribution is 6.32. The fourth-order valence-corrected chi connectivity index (χ4v) is 5.66. The molecule has 2 aliphatic rings. The molecule has 0 atom stereocenters. The second kappa shape index (κ2) is 11.1. The number of benzene rings is 2. The molecule has 3 heterocycles. The molecule has 190 valence electrons. The van der Waals surface area contributed by atoms with E-state index in [4.69, 9.17) is 21.3 Å². The number of ether oxygens (including phenoxy) is 1. The van der Waals surface area contributed by atoms with Gasteiger partial charge >= 0.3 is 0 Å². The third-order valence-electron chi connectivity index (χ3n) is 7.49. The van der Waals surface area contributed by atoms with Crippen LogP contribution in [0.5, 0.6) is 5.75 Å². The Morgan fingerprint density at radius 2 is 1.86 bits per heavy atom. The van der Waals surface area contributed by atoms with E-state index in [-0.39, 0.29) is 12.5 Å². The summed E-state index contributed by atoms with van der Waals surface area (Å²) in [5.41, 5.74) is 3.97. The van der Waals surface area contributed by atoms with Crippen LogP contribution in [-0.2, 0) is 11.2 Å². The van der Waals surface area contributed by atoms with Gasteiger partial charge in [-0.3, -0.25) is 4.79 Å². The zero-order chi connectivity index (χ0) is 25.1. The average Bonchev–Trinajstić information content (AvgIpc) is 3.43. The van der Waals surface area contributed by atoms with E-state index >= 15 is 0 Å². The molecule has 5 rings (SSSR count). The molecule has 0 aliphatic carbocycles. The maximum absolute atomic E-state index is 12.5. The smallest absolute Gasteiger partial charge is 0.262 e. The number of aromatic nitrogens is 1. The number of piperidine rings is 1. The summed E-state index contributed by atoms with van der Waals surface area (Å²) in [4.78, 5) is 22.6. The zero-order valence-corrected chi connectivity index (χ0v) is 22.0. The van der Waals surface area contributed by atoms with E-state index in [1.165, 1.54) is 38.8 Å². The normalized spacial score (nSPS) is 17.0. The van der Waals surface area contributed by atoms with Gasteiger partial charge in [-0.1, -0.05) is 24.6 Å². The van der Waals surface area contributed by atoms with Crippen LogP contribution >= 0.6 is 11.6 Å². The summed E-state index contributed by atoms with van der Waals surface area (Å²) >= 11 is 6.27. The number of nitrogens with zero attached hydrogens (tertiary/aromatic N) is 3.